The van der Waals surface area contributed by atoms with Crippen molar-refractivity contribution in [2.45, 2.75) is 0 Å². The molecule has 0 saturated carbocycles. The molecule has 0 spiro atoms. The van der Waals surface area contributed by atoms with Crippen molar-refractivity contribution in [2.75, 3.05) is 0 Å². The number of H-pyrrole nitrogens is 1. The zero-order chi connectivity index (χ0) is 13.4. The number of rotatable bonds is 2. The number of fused-ring (bicyclic) bond motifs is 1. The number of carbonyl (C=O) groups is 1. The molecular weight excluding hydrogens is 247 g/mol. The van der Waals surface area contributed by atoms with E-state index in [0.717, 1.165) is 0 Å². The smallest absolute Gasteiger partial charge is 0.335 e. The van der Waals surface area contributed by atoms with Gasteiger partial charge < -0.3 is 10.1 Å². The van der Waals surface area contributed by atoms with Crippen molar-refractivity contribution < 1.29 is 14.3 Å². The highest BCUT2D eigenvalue weighted by Gasteiger charge is 2.09. The molecule has 1 heterocycles. The summed E-state index contributed by atoms with van der Waals surface area (Å²) in [6, 6.07) is 10.7. The summed E-state index contributed by atoms with van der Waals surface area (Å²) in [5.41, 5.74) is 2.05. The minimum absolute atomic E-state index is 0.182. The van der Waals surface area contributed by atoms with E-state index in [1.54, 1.807) is 18.2 Å². The largest absolute Gasteiger partial charge is 0.478 e. The third-order valence-electron chi connectivity index (χ3n) is 2.83. The van der Waals surface area contributed by atoms with Crippen LogP contribution in [0.1, 0.15) is 10.4 Å². The minimum Gasteiger partial charge on any atom is -0.478 e. The fourth-order valence-corrected chi connectivity index (χ4v) is 1.92. The average molecular weight is 256 g/mol. The van der Waals surface area contributed by atoms with Crippen LogP contribution < -0.4 is 0 Å². The second kappa shape index (κ2) is 4.20. The van der Waals surface area contributed by atoms with Gasteiger partial charge in [0, 0.05) is 5.56 Å². The lowest BCUT2D eigenvalue weighted by molar-refractivity contribution is 0.0697. The van der Waals surface area contributed by atoms with Crippen molar-refractivity contribution in [2.24, 2.45) is 0 Å². The van der Waals surface area contributed by atoms with Gasteiger partial charge in [-0.1, -0.05) is 12.1 Å². The summed E-state index contributed by atoms with van der Waals surface area (Å²) in [5, 5.41) is 8.92. The lowest BCUT2D eigenvalue weighted by Crippen LogP contribution is -1.94. The molecule has 0 amide bonds. The second-order valence-corrected chi connectivity index (χ2v) is 4.13. The molecule has 3 rings (SSSR count). The van der Waals surface area contributed by atoms with Gasteiger partial charge in [-0.2, -0.15) is 0 Å². The second-order valence-electron chi connectivity index (χ2n) is 4.13. The molecule has 4 nitrogen and oxygen atoms in total. The van der Waals surface area contributed by atoms with Crippen LogP contribution in [0.4, 0.5) is 4.39 Å². The van der Waals surface area contributed by atoms with E-state index in [9.17, 15) is 9.18 Å². The van der Waals surface area contributed by atoms with Crippen molar-refractivity contribution in [3.8, 4) is 11.4 Å². The molecule has 0 bridgehead atoms. The van der Waals surface area contributed by atoms with E-state index in [0.29, 0.717) is 22.4 Å². The van der Waals surface area contributed by atoms with Crippen LogP contribution in [-0.2, 0) is 0 Å². The first-order valence-corrected chi connectivity index (χ1v) is 5.62. The Hall–Kier alpha value is -2.69. The highest BCUT2D eigenvalue weighted by atomic mass is 19.1. The van der Waals surface area contributed by atoms with Crippen molar-refractivity contribution in [3.63, 3.8) is 0 Å². The maximum atomic E-state index is 13.2. The topological polar surface area (TPSA) is 66.0 Å². The van der Waals surface area contributed by atoms with E-state index in [1.807, 2.05) is 0 Å². The molecule has 1 aromatic heterocycles. The van der Waals surface area contributed by atoms with Gasteiger partial charge in [0.25, 0.3) is 0 Å². The Morgan fingerprint density at radius 3 is 2.79 bits per heavy atom. The number of carboxylic acid groups (broad SMARTS) is 1. The van der Waals surface area contributed by atoms with Gasteiger partial charge in [0.2, 0.25) is 0 Å². The van der Waals surface area contributed by atoms with Gasteiger partial charge in [-0.25, -0.2) is 14.2 Å². The molecule has 5 heteroatoms. The van der Waals surface area contributed by atoms with Crippen molar-refractivity contribution in [1.82, 2.24) is 9.97 Å². The first kappa shape index (κ1) is 11.4. The summed E-state index contributed by atoms with van der Waals surface area (Å²) in [7, 11) is 0. The van der Waals surface area contributed by atoms with Gasteiger partial charge in [-0.3, -0.25) is 0 Å². The first-order valence-electron chi connectivity index (χ1n) is 5.62. The van der Waals surface area contributed by atoms with E-state index in [-0.39, 0.29) is 11.4 Å². The number of hydrogen-bond donors (Lipinski definition) is 2. The molecule has 0 aliphatic carbocycles. The predicted octanol–water partition coefficient (Wildman–Crippen LogP) is 3.07. The highest BCUT2D eigenvalue weighted by Crippen LogP contribution is 2.21. The lowest BCUT2D eigenvalue weighted by atomic mass is 10.2. The molecule has 0 atom stereocenters. The molecule has 0 radical (unpaired) electrons. The van der Waals surface area contributed by atoms with E-state index in [2.05, 4.69) is 9.97 Å². The number of nitrogens with one attached hydrogen (secondary N) is 1. The highest BCUT2D eigenvalue weighted by molar-refractivity contribution is 5.92. The molecule has 3 aromatic rings. The number of nitrogens with zero attached hydrogens (tertiary/aromatic N) is 1. The minimum atomic E-state index is -0.996. The van der Waals surface area contributed by atoms with Crippen LogP contribution in [0.5, 0.6) is 0 Å². The molecule has 0 aliphatic heterocycles. The first-order chi connectivity index (χ1) is 9.13. The molecule has 2 aromatic carbocycles. The van der Waals surface area contributed by atoms with Crippen LogP contribution in [0.15, 0.2) is 42.5 Å². The van der Waals surface area contributed by atoms with Crippen LogP contribution >= 0.6 is 0 Å². The molecule has 0 saturated heterocycles. The average Bonchev–Trinajstić information content (AvgIpc) is 2.81. The normalized spacial score (nSPS) is 10.8. The van der Waals surface area contributed by atoms with Crippen LogP contribution in [0.2, 0.25) is 0 Å². The Kier molecular flexibility index (Phi) is 2.52. The van der Waals surface area contributed by atoms with Crippen LogP contribution in [0, 0.1) is 5.82 Å². The summed E-state index contributed by atoms with van der Waals surface area (Å²) in [4.78, 5) is 18.2. The molecule has 0 fully saturated rings. The lowest BCUT2D eigenvalue weighted by Gasteiger charge is -1.95. The number of halogens is 1. The zero-order valence-electron chi connectivity index (χ0n) is 9.72. The summed E-state index contributed by atoms with van der Waals surface area (Å²) < 4.78 is 13.2. The van der Waals surface area contributed by atoms with Gasteiger partial charge in [0.15, 0.2) is 0 Å². The number of hydrogen-bond acceptors (Lipinski definition) is 2. The maximum Gasteiger partial charge on any atom is 0.335 e. The Morgan fingerprint density at radius 1 is 1.21 bits per heavy atom. The predicted molar refractivity (Wildman–Crippen MR) is 68.4 cm³/mol. The molecule has 0 unspecified atom stereocenters. The summed E-state index contributed by atoms with van der Waals surface area (Å²) in [6.45, 7) is 0. The number of carboxylic acids is 1. The van der Waals surface area contributed by atoms with Gasteiger partial charge >= 0.3 is 5.97 Å². The molecule has 94 valence electrons. The SMILES string of the molecule is O=C(O)c1ccc2nc(-c3cccc(F)c3)[nH]c2c1. The fourth-order valence-electron chi connectivity index (χ4n) is 1.92. The number of aromatic amines is 1. The fraction of sp³-hybridized carbons (Fsp3) is 0. The maximum absolute atomic E-state index is 13.2. The zero-order valence-corrected chi connectivity index (χ0v) is 9.72. The summed E-state index contributed by atoms with van der Waals surface area (Å²) >= 11 is 0. The molecule has 2 N–H and O–H groups in total. The third-order valence-corrected chi connectivity index (χ3v) is 2.83. The number of benzene rings is 2. The Morgan fingerprint density at radius 2 is 2.05 bits per heavy atom. The summed E-state index contributed by atoms with van der Waals surface area (Å²) in [5.74, 6) is -0.829. The standard InChI is InChI=1S/C14H9FN2O2/c15-10-3-1-2-8(6-10)13-16-11-5-4-9(14(18)19)7-12(11)17-13/h1-7H,(H,16,17)(H,18,19). The van der Waals surface area contributed by atoms with Crippen molar-refractivity contribution in [1.29, 1.82) is 0 Å². The Labute approximate surface area is 107 Å². The van der Waals surface area contributed by atoms with Crippen LogP contribution in [0.3, 0.4) is 0 Å². The number of aromatic nitrogens is 2. The van der Waals surface area contributed by atoms with E-state index in [4.69, 9.17) is 5.11 Å². The molecule has 19 heavy (non-hydrogen) atoms. The number of imidazole rings is 1. The van der Waals surface area contributed by atoms with Gasteiger partial charge in [0.1, 0.15) is 11.6 Å². The third kappa shape index (κ3) is 2.06. The van der Waals surface area contributed by atoms with Gasteiger partial charge in [0.05, 0.1) is 16.6 Å². The van der Waals surface area contributed by atoms with E-state index in [1.165, 1.54) is 24.3 Å². The molecule has 0 aliphatic rings. The van der Waals surface area contributed by atoms with Gasteiger partial charge in [-0.05, 0) is 30.3 Å². The Bertz CT molecular complexity index is 780. The summed E-state index contributed by atoms with van der Waals surface area (Å²) in [6.07, 6.45) is 0. The van der Waals surface area contributed by atoms with Crippen molar-refractivity contribution >= 4 is 17.0 Å². The van der Waals surface area contributed by atoms with E-state index >= 15 is 0 Å². The van der Waals surface area contributed by atoms with E-state index < -0.39 is 5.97 Å². The quantitative estimate of drug-likeness (QED) is 0.740. The van der Waals surface area contributed by atoms with Crippen molar-refractivity contribution in [3.05, 3.63) is 53.8 Å². The number of aromatic carboxylic acids is 1. The van der Waals surface area contributed by atoms with Gasteiger partial charge in [-0.15, -0.1) is 0 Å². The van der Waals surface area contributed by atoms with Crippen LogP contribution in [0.25, 0.3) is 22.4 Å². The Balaban J connectivity index is 2.14. The molecular formula is C14H9FN2O2. The van der Waals surface area contributed by atoms with Crippen LogP contribution in [-0.4, -0.2) is 21.0 Å². The monoisotopic (exact) mass is 256 g/mol.